The minimum Gasteiger partial charge on any atom is -0.508 e. The van der Waals surface area contributed by atoms with Crippen molar-refractivity contribution in [3.05, 3.63) is 70.1 Å². The highest BCUT2D eigenvalue weighted by atomic mass is 32.2. The van der Waals surface area contributed by atoms with Crippen molar-refractivity contribution in [2.45, 2.75) is 6.92 Å². The van der Waals surface area contributed by atoms with Gasteiger partial charge in [0, 0.05) is 0 Å². The van der Waals surface area contributed by atoms with Crippen molar-refractivity contribution in [3.63, 3.8) is 0 Å². The summed E-state index contributed by atoms with van der Waals surface area (Å²) in [5, 5.41) is 19.3. The lowest BCUT2D eigenvalue weighted by Gasteiger charge is -2.14. The number of nitrogens with zero attached hydrogens (tertiary/aromatic N) is 4. The number of thioether (sulfide) groups is 1. The van der Waals surface area contributed by atoms with E-state index in [0.717, 1.165) is 16.3 Å². The molecule has 1 aliphatic heterocycles. The zero-order valence-corrected chi connectivity index (χ0v) is 15.9. The number of carbonyl (C=O) groups excluding carboxylic acids is 1. The number of hydrogen-bond donors (Lipinski definition) is 1. The maximum absolute atomic E-state index is 13.1. The lowest BCUT2D eigenvalue weighted by molar-refractivity contribution is -0.113. The molecule has 0 saturated carbocycles. The highest BCUT2D eigenvalue weighted by Crippen LogP contribution is 2.37. The molecule has 0 unspecified atom stereocenters. The number of amides is 1. The normalized spacial score (nSPS) is 17.2. The molecule has 0 atom stereocenters. The number of hydrogen-bond acceptors (Lipinski definition) is 7. The van der Waals surface area contributed by atoms with E-state index in [1.54, 1.807) is 35.2 Å². The van der Waals surface area contributed by atoms with E-state index in [9.17, 15) is 9.90 Å². The predicted octanol–water partition coefficient (Wildman–Crippen LogP) is 4.36. The summed E-state index contributed by atoms with van der Waals surface area (Å²) in [6, 6.07) is 16.1. The average molecular weight is 394 g/mol. The van der Waals surface area contributed by atoms with Crippen LogP contribution in [0.15, 0.2) is 64.5 Å². The predicted molar refractivity (Wildman–Crippen MR) is 109 cm³/mol. The summed E-state index contributed by atoms with van der Waals surface area (Å²) in [4.78, 5) is 19.7. The highest BCUT2D eigenvalue weighted by Gasteiger charge is 2.35. The van der Waals surface area contributed by atoms with Gasteiger partial charge in [0.15, 0.2) is 5.17 Å². The molecular formula is C19H14N4O2S2. The van der Waals surface area contributed by atoms with Gasteiger partial charge in [-0.05, 0) is 54.6 Å². The molecule has 0 spiro atoms. The molecule has 27 heavy (non-hydrogen) atoms. The van der Waals surface area contributed by atoms with Gasteiger partial charge in [0.1, 0.15) is 10.8 Å². The van der Waals surface area contributed by atoms with E-state index in [4.69, 9.17) is 0 Å². The van der Waals surface area contributed by atoms with Crippen molar-refractivity contribution in [1.29, 1.82) is 0 Å². The number of phenolic OH excluding ortho intramolecular Hbond substituents is 1. The van der Waals surface area contributed by atoms with Crippen LogP contribution in [0.25, 0.3) is 6.08 Å². The van der Waals surface area contributed by atoms with Crippen LogP contribution in [-0.4, -0.2) is 26.4 Å². The second kappa shape index (κ2) is 7.34. The monoisotopic (exact) mass is 394 g/mol. The molecule has 2 heterocycles. The van der Waals surface area contributed by atoms with Gasteiger partial charge < -0.3 is 5.11 Å². The van der Waals surface area contributed by atoms with Crippen molar-refractivity contribution in [1.82, 2.24) is 10.2 Å². The third kappa shape index (κ3) is 3.76. The molecule has 3 aromatic rings. The van der Waals surface area contributed by atoms with E-state index < -0.39 is 0 Å². The van der Waals surface area contributed by atoms with Gasteiger partial charge in [-0.2, -0.15) is 4.99 Å². The Morgan fingerprint density at radius 3 is 2.48 bits per heavy atom. The Balaban J connectivity index is 1.75. The average Bonchev–Trinajstić information content (AvgIpc) is 3.21. The van der Waals surface area contributed by atoms with Gasteiger partial charge in [0.25, 0.3) is 5.91 Å². The van der Waals surface area contributed by atoms with E-state index in [1.165, 1.54) is 23.1 Å². The van der Waals surface area contributed by atoms with Crippen LogP contribution in [0.2, 0.25) is 0 Å². The molecule has 6 nitrogen and oxygen atoms in total. The number of benzene rings is 2. The van der Waals surface area contributed by atoms with E-state index in [-0.39, 0.29) is 11.7 Å². The number of anilines is 1. The number of rotatable bonds is 3. The molecule has 1 saturated heterocycles. The standard InChI is InChI=1S/C19H14N4O2S2/c1-12-21-22-18(26-12)20-19-23(14-5-3-2-4-6-14)17(25)16(27-19)11-13-7-9-15(24)10-8-13/h2-11,24H,1H3/b16-11-,20-19+. The van der Waals surface area contributed by atoms with E-state index in [2.05, 4.69) is 15.2 Å². The van der Waals surface area contributed by atoms with Gasteiger partial charge in [0.05, 0.1) is 10.6 Å². The van der Waals surface area contributed by atoms with Gasteiger partial charge in [-0.15, -0.1) is 10.2 Å². The summed E-state index contributed by atoms with van der Waals surface area (Å²) >= 11 is 2.66. The fourth-order valence-electron chi connectivity index (χ4n) is 2.49. The maximum Gasteiger partial charge on any atom is 0.271 e. The fraction of sp³-hybridized carbons (Fsp3) is 0.0526. The molecule has 0 aliphatic carbocycles. The first-order valence-electron chi connectivity index (χ1n) is 8.07. The van der Waals surface area contributed by atoms with Crippen molar-refractivity contribution >= 4 is 51.1 Å². The highest BCUT2D eigenvalue weighted by molar-refractivity contribution is 8.19. The van der Waals surface area contributed by atoms with Crippen LogP contribution in [0, 0.1) is 6.92 Å². The molecule has 0 radical (unpaired) electrons. The number of aromatic hydroxyl groups is 1. The SMILES string of the molecule is Cc1nnc(/N=C2/S/C(=C\c3ccc(O)cc3)C(=O)N2c2ccccc2)s1. The lowest BCUT2D eigenvalue weighted by Crippen LogP contribution is -2.28. The Kier molecular flexibility index (Phi) is 4.74. The quantitative estimate of drug-likeness (QED) is 0.668. The van der Waals surface area contributed by atoms with Crippen LogP contribution in [0.5, 0.6) is 5.75 Å². The van der Waals surface area contributed by atoms with Gasteiger partial charge in [-0.1, -0.05) is 41.7 Å². The number of carbonyl (C=O) groups is 1. The fourth-order valence-corrected chi connectivity index (χ4v) is 4.09. The molecule has 134 valence electrons. The van der Waals surface area contributed by atoms with Crippen LogP contribution in [0.3, 0.4) is 0 Å². The lowest BCUT2D eigenvalue weighted by atomic mass is 10.2. The molecule has 1 fully saturated rings. The summed E-state index contributed by atoms with van der Waals surface area (Å²) in [5.74, 6) is 0.0293. The molecular weight excluding hydrogens is 380 g/mol. The molecule has 4 rings (SSSR count). The number of aromatic nitrogens is 2. The minimum atomic E-state index is -0.153. The Labute approximate surface area is 163 Å². The van der Waals surface area contributed by atoms with Crippen LogP contribution in [0.4, 0.5) is 10.8 Å². The second-order valence-corrected chi connectivity index (χ2v) is 7.85. The minimum absolute atomic E-state index is 0.153. The van der Waals surface area contributed by atoms with Gasteiger partial charge in [0.2, 0.25) is 5.13 Å². The van der Waals surface area contributed by atoms with Gasteiger partial charge >= 0.3 is 0 Å². The first-order chi connectivity index (χ1) is 13.1. The third-order valence-electron chi connectivity index (χ3n) is 3.72. The summed E-state index contributed by atoms with van der Waals surface area (Å²) in [6.07, 6.45) is 1.79. The summed E-state index contributed by atoms with van der Waals surface area (Å²) in [6.45, 7) is 1.86. The van der Waals surface area contributed by atoms with E-state index in [1.807, 2.05) is 37.3 Å². The van der Waals surface area contributed by atoms with Crippen LogP contribution in [0.1, 0.15) is 10.6 Å². The largest absolute Gasteiger partial charge is 0.508 e. The van der Waals surface area contributed by atoms with Crippen LogP contribution < -0.4 is 4.90 Å². The summed E-state index contributed by atoms with van der Waals surface area (Å²) in [5.41, 5.74) is 1.56. The van der Waals surface area contributed by atoms with E-state index in [0.29, 0.717) is 15.2 Å². The third-order valence-corrected chi connectivity index (χ3v) is 5.42. The van der Waals surface area contributed by atoms with Crippen molar-refractivity contribution in [2.24, 2.45) is 4.99 Å². The molecule has 1 aliphatic rings. The second-order valence-electron chi connectivity index (χ2n) is 5.68. The van der Waals surface area contributed by atoms with Gasteiger partial charge in [-0.25, -0.2) is 0 Å². The zero-order valence-electron chi connectivity index (χ0n) is 14.2. The first-order valence-corrected chi connectivity index (χ1v) is 9.70. The van der Waals surface area contributed by atoms with Crippen LogP contribution >= 0.6 is 23.1 Å². The van der Waals surface area contributed by atoms with Crippen molar-refractivity contribution in [2.75, 3.05) is 4.90 Å². The van der Waals surface area contributed by atoms with Crippen molar-refractivity contribution < 1.29 is 9.90 Å². The molecule has 8 heteroatoms. The zero-order chi connectivity index (χ0) is 18.8. The molecule has 1 amide bonds. The Bertz CT molecular complexity index is 1040. The molecule has 0 bridgehead atoms. The smallest absolute Gasteiger partial charge is 0.271 e. The molecule has 2 aromatic carbocycles. The molecule has 1 aromatic heterocycles. The Morgan fingerprint density at radius 2 is 1.81 bits per heavy atom. The van der Waals surface area contributed by atoms with Crippen molar-refractivity contribution in [3.8, 4) is 5.75 Å². The van der Waals surface area contributed by atoms with E-state index >= 15 is 0 Å². The topological polar surface area (TPSA) is 78.7 Å². The number of para-hydroxylation sites is 1. The Morgan fingerprint density at radius 1 is 1.07 bits per heavy atom. The maximum atomic E-state index is 13.1. The number of aliphatic imine (C=N–C) groups is 1. The number of aryl methyl sites for hydroxylation is 1. The number of phenols is 1. The Hall–Kier alpha value is -2.97. The number of amidine groups is 1. The summed E-state index contributed by atoms with van der Waals surface area (Å²) < 4.78 is 0. The van der Waals surface area contributed by atoms with Crippen LogP contribution in [-0.2, 0) is 4.79 Å². The van der Waals surface area contributed by atoms with Gasteiger partial charge in [-0.3, -0.25) is 9.69 Å². The molecule has 1 N–H and O–H groups in total. The summed E-state index contributed by atoms with van der Waals surface area (Å²) in [7, 11) is 0. The first kappa shape index (κ1) is 17.4.